The smallest absolute Gasteiger partial charge is 0.306 e. The Balaban J connectivity index is 4.58. The lowest BCUT2D eigenvalue weighted by atomic mass is 10.1. The lowest BCUT2D eigenvalue weighted by molar-refractivity contribution is -0.166. The quantitative estimate of drug-likeness (QED) is 0.0199. The van der Waals surface area contributed by atoms with E-state index < -0.39 is 6.10 Å². The SMILES string of the molecule is CCC/C=C/C=C/C=C/C=C/C=C/CCCCCCCC(=O)OCC(COC(=O)CC/C=C/C/C=C/CCCCCCCC)OC(=O)CCCCCCC/C=C/C=C/C=C/C=C/CCCCC. The highest BCUT2D eigenvalue weighted by Crippen LogP contribution is 2.12. The van der Waals surface area contributed by atoms with Gasteiger partial charge in [0.05, 0.1) is 0 Å². The standard InChI is InChI=1S/C61H96O6/c1-4-7-10-13-16-19-22-25-27-29-31-33-36-39-42-45-48-51-54-60(63)66-57-58(56-65-59(62)53-50-47-44-41-38-35-24-21-18-15-12-9-6-3)67-61(64)55-52-49-46-43-40-37-34-32-30-28-26-23-20-17-14-11-8-5-2/h10,13,16-17,19-20,22-23,25-35,38,44,47,58H,4-9,11-12,14-15,18,21,24,36-37,39-43,45-46,48-57H2,1-3H3/b13-10+,19-16+,20-17+,25-22+,26-23+,29-27+,30-28+,33-31+,34-32+,38-35+,47-44+. The van der Waals surface area contributed by atoms with Gasteiger partial charge in [-0.05, 0) is 83.5 Å². The van der Waals surface area contributed by atoms with Crippen molar-refractivity contribution < 1.29 is 28.6 Å². The molecule has 0 amide bonds. The first-order valence-electron chi connectivity index (χ1n) is 26.8. The van der Waals surface area contributed by atoms with E-state index in [1.807, 2.05) is 42.5 Å². The Hall–Kier alpha value is -4.45. The molecule has 0 fully saturated rings. The molecule has 6 nitrogen and oxygen atoms in total. The third-order valence-corrected chi connectivity index (χ3v) is 10.8. The van der Waals surface area contributed by atoms with Gasteiger partial charge in [-0.1, -0.05) is 244 Å². The van der Waals surface area contributed by atoms with E-state index in [4.69, 9.17) is 14.2 Å². The van der Waals surface area contributed by atoms with Crippen LogP contribution >= 0.6 is 0 Å². The van der Waals surface area contributed by atoms with Gasteiger partial charge >= 0.3 is 17.9 Å². The number of carbonyl (C=O) groups excluding carboxylic acids is 3. The molecular weight excluding hydrogens is 829 g/mol. The van der Waals surface area contributed by atoms with Crippen molar-refractivity contribution in [3.63, 3.8) is 0 Å². The van der Waals surface area contributed by atoms with Crippen LogP contribution in [-0.2, 0) is 28.6 Å². The lowest BCUT2D eigenvalue weighted by Crippen LogP contribution is -2.30. The van der Waals surface area contributed by atoms with Crippen LogP contribution in [0.25, 0.3) is 0 Å². The number of unbranched alkanes of at least 4 members (excludes halogenated alkanes) is 20. The Labute approximate surface area is 411 Å². The van der Waals surface area contributed by atoms with E-state index in [-0.39, 0.29) is 44.0 Å². The van der Waals surface area contributed by atoms with Crippen LogP contribution in [0.5, 0.6) is 0 Å². The van der Waals surface area contributed by atoms with Crippen molar-refractivity contribution in [1.82, 2.24) is 0 Å². The minimum Gasteiger partial charge on any atom is -0.462 e. The van der Waals surface area contributed by atoms with E-state index in [1.165, 1.54) is 64.2 Å². The minimum atomic E-state index is -0.829. The second-order valence-electron chi connectivity index (χ2n) is 17.3. The predicted octanol–water partition coefficient (Wildman–Crippen LogP) is 17.9. The Morgan fingerprint density at radius 2 is 0.657 bits per heavy atom. The molecule has 67 heavy (non-hydrogen) atoms. The van der Waals surface area contributed by atoms with Crippen LogP contribution in [0.3, 0.4) is 0 Å². The summed E-state index contributed by atoms with van der Waals surface area (Å²) in [6, 6.07) is 0. The Morgan fingerprint density at radius 3 is 1.13 bits per heavy atom. The van der Waals surface area contributed by atoms with Crippen LogP contribution in [0.2, 0.25) is 0 Å². The first-order chi connectivity index (χ1) is 33.0. The number of esters is 3. The fourth-order valence-corrected chi connectivity index (χ4v) is 6.77. The molecule has 0 aliphatic heterocycles. The topological polar surface area (TPSA) is 78.9 Å². The van der Waals surface area contributed by atoms with Crippen LogP contribution in [0.15, 0.2) is 134 Å². The molecule has 0 aromatic heterocycles. The normalized spacial score (nSPS) is 13.2. The van der Waals surface area contributed by atoms with Gasteiger partial charge in [0.1, 0.15) is 13.2 Å². The maximum Gasteiger partial charge on any atom is 0.306 e. The number of carbonyl (C=O) groups is 3. The van der Waals surface area contributed by atoms with E-state index in [9.17, 15) is 14.4 Å². The zero-order chi connectivity index (χ0) is 48.6. The van der Waals surface area contributed by atoms with Gasteiger partial charge in [0.2, 0.25) is 0 Å². The van der Waals surface area contributed by atoms with Crippen LogP contribution in [-0.4, -0.2) is 37.2 Å². The molecule has 0 heterocycles. The highest BCUT2D eigenvalue weighted by atomic mass is 16.6. The Morgan fingerprint density at radius 1 is 0.313 bits per heavy atom. The first-order valence-corrected chi connectivity index (χ1v) is 26.8. The van der Waals surface area contributed by atoms with E-state index in [2.05, 4.69) is 112 Å². The minimum absolute atomic E-state index is 0.123. The Bertz CT molecular complexity index is 1480. The maximum atomic E-state index is 12.8. The van der Waals surface area contributed by atoms with Crippen LogP contribution in [0.1, 0.15) is 213 Å². The largest absolute Gasteiger partial charge is 0.462 e. The zero-order valence-corrected chi connectivity index (χ0v) is 42.9. The molecule has 0 saturated heterocycles. The first kappa shape index (κ1) is 62.5. The molecular formula is C61H96O6. The van der Waals surface area contributed by atoms with Gasteiger partial charge in [-0.2, -0.15) is 0 Å². The number of hydrogen-bond acceptors (Lipinski definition) is 6. The molecule has 0 aromatic carbocycles. The summed E-state index contributed by atoms with van der Waals surface area (Å²) in [5.74, 6) is -1.05. The molecule has 0 rings (SSSR count). The lowest BCUT2D eigenvalue weighted by Gasteiger charge is -2.18. The third kappa shape index (κ3) is 52.4. The number of rotatable bonds is 46. The summed E-state index contributed by atoms with van der Waals surface area (Å²) in [4.78, 5) is 38.0. The zero-order valence-electron chi connectivity index (χ0n) is 42.9. The van der Waals surface area contributed by atoms with Crippen LogP contribution in [0, 0.1) is 0 Å². The highest BCUT2D eigenvalue weighted by molar-refractivity contribution is 5.71. The van der Waals surface area contributed by atoms with E-state index >= 15 is 0 Å². The predicted molar refractivity (Wildman–Crippen MR) is 288 cm³/mol. The van der Waals surface area contributed by atoms with Crippen LogP contribution in [0.4, 0.5) is 0 Å². The molecule has 1 atom stereocenters. The van der Waals surface area contributed by atoms with Gasteiger partial charge in [-0.15, -0.1) is 0 Å². The average Bonchev–Trinajstić information content (AvgIpc) is 3.33. The van der Waals surface area contributed by atoms with Gasteiger partial charge in [-0.3, -0.25) is 14.4 Å². The van der Waals surface area contributed by atoms with Crippen molar-refractivity contribution in [3.8, 4) is 0 Å². The summed E-state index contributed by atoms with van der Waals surface area (Å²) < 4.78 is 16.7. The number of ether oxygens (including phenoxy) is 3. The van der Waals surface area contributed by atoms with Gasteiger partial charge in [0.25, 0.3) is 0 Å². The van der Waals surface area contributed by atoms with Crippen LogP contribution < -0.4 is 0 Å². The molecule has 376 valence electrons. The van der Waals surface area contributed by atoms with E-state index in [0.29, 0.717) is 12.8 Å². The Kier molecular flexibility index (Phi) is 50.6. The summed E-state index contributed by atoms with van der Waals surface area (Å²) in [6.07, 6.45) is 75.8. The second kappa shape index (κ2) is 54.2. The van der Waals surface area contributed by atoms with Crippen molar-refractivity contribution in [3.05, 3.63) is 134 Å². The molecule has 0 N–H and O–H groups in total. The van der Waals surface area contributed by atoms with Gasteiger partial charge in [0, 0.05) is 19.3 Å². The second-order valence-corrected chi connectivity index (χ2v) is 17.3. The van der Waals surface area contributed by atoms with Crippen molar-refractivity contribution in [2.24, 2.45) is 0 Å². The molecule has 0 aliphatic rings. The number of allylic oxidation sites excluding steroid dienone is 22. The molecule has 0 saturated carbocycles. The number of hydrogen-bond donors (Lipinski definition) is 0. The molecule has 0 aromatic rings. The maximum absolute atomic E-state index is 12.8. The molecule has 0 radical (unpaired) electrons. The van der Waals surface area contributed by atoms with E-state index in [0.717, 1.165) is 103 Å². The van der Waals surface area contributed by atoms with Crippen molar-refractivity contribution in [2.45, 2.75) is 219 Å². The molecule has 1 unspecified atom stereocenters. The average molecular weight is 925 g/mol. The summed E-state index contributed by atoms with van der Waals surface area (Å²) in [5.41, 5.74) is 0. The van der Waals surface area contributed by atoms with Gasteiger partial charge < -0.3 is 14.2 Å². The molecule has 0 aliphatic carbocycles. The van der Waals surface area contributed by atoms with Gasteiger partial charge in [0.15, 0.2) is 6.10 Å². The fraction of sp³-hybridized carbons (Fsp3) is 0.590. The monoisotopic (exact) mass is 925 g/mol. The van der Waals surface area contributed by atoms with Gasteiger partial charge in [-0.25, -0.2) is 0 Å². The summed E-state index contributed by atoms with van der Waals surface area (Å²) >= 11 is 0. The summed E-state index contributed by atoms with van der Waals surface area (Å²) in [6.45, 7) is 6.39. The summed E-state index contributed by atoms with van der Waals surface area (Å²) in [5, 5.41) is 0. The highest BCUT2D eigenvalue weighted by Gasteiger charge is 2.19. The molecule has 0 spiro atoms. The molecule has 6 heteroatoms. The van der Waals surface area contributed by atoms with Crippen molar-refractivity contribution in [1.29, 1.82) is 0 Å². The van der Waals surface area contributed by atoms with Crippen molar-refractivity contribution >= 4 is 17.9 Å². The van der Waals surface area contributed by atoms with Crippen molar-refractivity contribution in [2.75, 3.05) is 13.2 Å². The third-order valence-electron chi connectivity index (χ3n) is 10.8. The fourth-order valence-electron chi connectivity index (χ4n) is 6.77. The van der Waals surface area contributed by atoms with E-state index in [1.54, 1.807) is 0 Å². The molecule has 0 bridgehead atoms. The summed E-state index contributed by atoms with van der Waals surface area (Å²) in [7, 11) is 0.